The molecule has 1 aliphatic rings. The molecule has 0 atom stereocenters. The summed E-state index contributed by atoms with van der Waals surface area (Å²) in [6, 6.07) is 5.59. The van der Waals surface area contributed by atoms with Crippen LogP contribution in [0.25, 0.3) is 0 Å². The van der Waals surface area contributed by atoms with Gasteiger partial charge in [0.05, 0.1) is 12.0 Å². The summed E-state index contributed by atoms with van der Waals surface area (Å²) in [5, 5.41) is 11.8. The Kier molecular flexibility index (Phi) is 7.15. The standard InChI is InChI=1S/C15H19F3N2O2.ClH/c16-15(17,18)11-2-1-3-13(10-11)20-8-5-12(6-9-20)19-7-4-14(21)22;/h1-3,10,12,19H,4-9H2,(H,21,22);1H. The predicted molar refractivity (Wildman–Crippen MR) is 84.2 cm³/mol. The first kappa shape index (κ1) is 19.6. The van der Waals surface area contributed by atoms with E-state index in [2.05, 4.69) is 5.32 Å². The average Bonchev–Trinajstić information content (AvgIpc) is 2.47. The zero-order valence-corrected chi connectivity index (χ0v) is 13.3. The van der Waals surface area contributed by atoms with E-state index in [1.165, 1.54) is 12.1 Å². The number of carbonyl (C=O) groups is 1. The van der Waals surface area contributed by atoms with Gasteiger partial charge in [-0.15, -0.1) is 12.4 Å². The lowest BCUT2D eigenvalue weighted by atomic mass is 10.0. The van der Waals surface area contributed by atoms with Gasteiger partial charge in [0, 0.05) is 31.4 Å². The molecule has 1 aromatic rings. The highest BCUT2D eigenvalue weighted by Crippen LogP contribution is 2.32. The summed E-state index contributed by atoms with van der Waals surface area (Å²) in [6.45, 7) is 1.74. The van der Waals surface area contributed by atoms with Crippen LogP contribution in [0.1, 0.15) is 24.8 Å². The minimum atomic E-state index is -4.33. The molecule has 2 rings (SSSR count). The van der Waals surface area contributed by atoms with Crippen molar-refractivity contribution in [2.75, 3.05) is 24.5 Å². The highest BCUT2D eigenvalue weighted by molar-refractivity contribution is 5.85. The van der Waals surface area contributed by atoms with E-state index in [-0.39, 0.29) is 24.9 Å². The van der Waals surface area contributed by atoms with Gasteiger partial charge < -0.3 is 15.3 Å². The smallest absolute Gasteiger partial charge is 0.416 e. The van der Waals surface area contributed by atoms with Gasteiger partial charge in [-0.3, -0.25) is 4.79 Å². The van der Waals surface area contributed by atoms with Crippen molar-refractivity contribution in [2.24, 2.45) is 0 Å². The molecule has 0 unspecified atom stereocenters. The number of hydrogen-bond acceptors (Lipinski definition) is 3. The molecular formula is C15H20ClF3N2O2. The Bertz CT molecular complexity index is 518. The molecule has 4 nitrogen and oxygen atoms in total. The number of hydrogen-bond donors (Lipinski definition) is 2. The maximum atomic E-state index is 12.7. The number of nitrogens with one attached hydrogen (secondary N) is 1. The van der Waals surface area contributed by atoms with E-state index in [9.17, 15) is 18.0 Å². The van der Waals surface area contributed by atoms with Crippen LogP contribution in [0.5, 0.6) is 0 Å². The molecule has 0 amide bonds. The number of aliphatic carboxylic acids is 1. The molecule has 130 valence electrons. The number of benzene rings is 1. The number of rotatable bonds is 5. The van der Waals surface area contributed by atoms with Crippen LogP contribution in [-0.4, -0.2) is 36.8 Å². The molecule has 1 saturated heterocycles. The Morgan fingerprint density at radius 3 is 2.52 bits per heavy atom. The Morgan fingerprint density at radius 2 is 1.96 bits per heavy atom. The number of anilines is 1. The third-order valence-corrected chi connectivity index (χ3v) is 3.81. The first-order valence-corrected chi connectivity index (χ1v) is 7.23. The highest BCUT2D eigenvalue weighted by Gasteiger charge is 2.31. The number of carboxylic acids is 1. The van der Waals surface area contributed by atoms with Gasteiger partial charge in [0.2, 0.25) is 0 Å². The van der Waals surface area contributed by atoms with E-state index >= 15 is 0 Å². The second kappa shape index (κ2) is 8.40. The van der Waals surface area contributed by atoms with Crippen LogP contribution in [0.2, 0.25) is 0 Å². The lowest BCUT2D eigenvalue weighted by Crippen LogP contribution is -2.43. The largest absolute Gasteiger partial charge is 0.481 e. The van der Waals surface area contributed by atoms with Crippen molar-refractivity contribution in [1.29, 1.82) is 0 Å². The first-order valence-electron chi connectivity index (χ1n) is 7.23. The van der Waals surface area contributed by atoms with Crippen LogP contribution in [0.3, 0.4) is 0 Å². The van der Waals surface area contributed by atoms with Crippen molar-refractivity contribution < 1.29 is 23.1 Å². The minimum Gasteiger partial charge on any atom is -0.481 e. The van der Waals surface area contributed by atoms with Crippen LogP contribution in [0, 0.1) is 0 Å². The van der Waals surface area contributed by atoms with E-state index < -0.39 is 17.7 Å². The normalized spacial score (nSPS) is 16.0. The maximum absolute atomic E-state index is 12.7. The van der Waals surface area contributed by atoms with Gasteiger partial charge in [-0.1, -0.05) is 6.07 Å². The molecule has 1 fully saturated rings. The lowest BCUT2D eigenvalue weighted by molar-refractivity contribution is -0.138. The number of carboxylic acid groups (broad SMARTS) is 1. The molecule has 0 bridgehead atoms. The number of piperidine rings is 1. The molecular weight excluding hydrogens is 333 g/mol. The van der Waals surface area contributed by atoms with Gasteiger partial charge in [-0.2, -0.15) is 13.2 Å². The van der Waals surface area contributed by atoms with E-state index in [1.54, 1.807) is 6.07 Å². The average molecular weight is 353 g/mol. The summed E-state index contributed by atoms with van der Waals surface area (Å²) in [5.41, 5.74) is -0.0504. The van der Waals surface area contributed by atoms with Crippen LogP contribution in [0.15, 0.2) is 24.3 Å². The van der Waals surface area contributed by atoms with Crippen LogP contribution in [0.4, 0.5) is 18.9 Å². The van der Waals surface area contributed by atoms with Crippen molar-refractivity contribution in [3.63, 3.8) is 0 Å². The molecule has 0 aromatic heterocycles. The van der Waals surface area contributed by atoms with E-state index in [0.717, 1.165) is 18.9 Å². The minimum absolute atomic E-state index is 0. The zero-order chi connectivity index (χ0) is 16.2. The van der Waals surface area contributed by atoms with Crippen molar-refractivity contribution >= 4 is 24.1 Å². The summed E-state index contributed by atoms with van der Waals surface area (Å²) in [7, 11) is 0. The SMILES string of the molecule is Cl.O=C(O)CCNC1CCN(c2cccc(C(F)(F)F)c2)CC1. The lowest BCUT2D eigenvalue weighted by Gasteiger charge is -2.34. The fourth-order valence-corrected chi connectivity index (χ4v) is 2.60. The van der Waals surface area contributed by atoms with Gasteiger partial charge in [0.25, 0.3) is 0 Å². The highest BCUT2D eigenvalue weighted by atomic mass is 35.5. The van der Waals surface area contributed by atoms with Crippen LogP contribution < -0.4 is 10.2 Å². The van der Waals surface area contributed by atoms with Crippen LogP contribution >= 0.6 is 12.4 Å². The molecule has 2 N–H and O–H groups in total. The summed E-state index contributed by atoms with van der Waals surface area (Å²) >= 11 is 0. The van der Waals surface area contributed by atoms with Crippen molar-refractivity contribution in [2.45, 2.75) is 31.5 Å². The summed E-state index contributed by atoms with van der Waals surface area (Å²) in [5.74, 6) is -0.839. The topological polar surface area (TPSA) is 52.6 Å². The molecule has 0 radical (unpaired) electrons. The Labute approximate surface area is 139 Å². The zero-order valence-electron chi connectivity index (χ0n) is 12.5. The van der Waals surface area contributed by atoms with E-state index in [0.29, 0.717) is 25.3 Å². The number of nitrogens with zero attached hydrogens (tertiary/aromatic N) is 1. The van der Waals surface area contributed by atoms with Gasteiger partial charge in [-0.05, 0) is 31.0 Å². The Morgan fingerprint density at radius 1 is 1.30 bits per heavy atom. The molecule has 8 heteroatoms. The quantitative estimate of drug-likeness (QED) is 0.854. The maximum Gasteiger partial charge on any atom is 0.416 e. The summed E-state index contributed by atoms with van der Waals surface area (Å²) < 4.78 is 38.2. The van der Waals surface area contributed by atoms with Gasteiger partial charge in [0.15, 0.2) is 0 Å². The predicted octanol–water partition coefficient (Wildman–Crippen LogP) is 3.16. The van der Waals surface area contributed by atoms with Gasteiger partial charge in [-0.25, -0.2) is 0 Å². The second-order valence-corrected chi connectivity index (χ2v) is 5.41. The molecule has 1 aliphatic heterocycles. The molecule has 0 aliphatic carbocycles. The molecule has 23 heavy (non-hydrogen) atoms. The molecule has 1 aromatic carbocycles. The third-order valence-electron chi connectivity index (χ3n) is 3.81. The van der Waals surface area contributed by atoms with E-state index in [1.807, 2.05) is 4.90 Å². The van der Waals surface area contributed by atoms with Gasteiger partial charge in [0.1, 0.15) is 0 Å². The van der Waals surface area contributed by atoms with E-state index in [4.69, 9.17) is 5.11 Å². The first-order chi connectivity index (χ1) is 10.4. The molecule has 1 heterocycles. The third kappa shape index (κ3) is 5.91. The fourth-order valence-electron chi connectivity index (χ4n) is 2.60. The fraction of sp³-hybridized carbons (Fsp3) is 0.533. The summed E-state index contributed by atoms with van der Waals surface area (Å²) in [4.78, 5) is 12.4. The van der Waals surface area contributed by atoms with Crippen molar-refractivity contribution in [1.82, 2.24) is 5.32 Å². The molecule has 0 spiro atoms. The van der Waals surface area contributed by atoms with Crippen molar-refractivity contribution in [3.8, 4) is 0 Å². The number of alkyl halides is 3. The Balaban J connectivity index is 0.00000264. The van der Waals surface area contributed by atoms with Gasteiger partial charge >= 0.3 is 12.1 Å². The number of halogens is 4. The molecule has 0 saturated carbocycles. The monoisotopic (exact) mass is 352 g/mol. The van der Waals surface area contributed by atoms with Crippen LogP contribution in [-0.2, 0) is 11.0 Å². The summed E-state index contributed by atoms with van der Waals surface area (Å²) in [6.07, 6.45) is -2.67. The van der Waals surface area contributed by atoms with Crippen molar-refractivity contribution in [3.05, 3.63) is 29.8 Å². The Hall–Kier alpha value is -1.47. The second-order valence-electron chi connectivity index (χ2n) is 5.41.